The molecule has 1 aliphatic carbocycles. The van der Waals surface area contributed by atoms with E-state index in [0.29, 0.717) is 6.54 Å². The lowest BCUT2D eigenvalue weighted by atomic mass is 9.75. The van der Waals surface area contributed by atoms with Crippen molar-refractivity contribution < 1.29 is 0 Å². The van der Waals surface area contributed by atoms with Gasteiger partial charge in [0.05, 0.1) is 0 Å². The van der Waals surface area contributed by atoms with Crippen molar-refractivity contribution in [2.24, 2.45) is 5.41 Å². The molecule has 1 aromatic heterocycles. The quantitative estimate of drug-likeness (QED) is 0.837. The Kier molecular flexibility index (Phi) is 4.22. The predicted octanol–water partition coefficient (Wildman–Crippen LogP) is 2.07. The Labute approximate surface area is 116 Å². The van der Waals surface area contributed by atoms with E-state index in [1.165, 1.54) is 30.0 Å². The SMILES string of the molecule is O=c1[nH]c(=O)n(CC2(CS)CCCCC2)cc1Cl. The highest BCUT2D eigenvalue weighted by Gasteiger charge is 2.31. The summed E-state index contributed by atoms with van der Waals surface area (Å²) in [6.45, 7) is 0.575. The lowest BCUT2D eigenvalue weighted by Crippen LogP contribution is -2.38. The standard InChI is InChI=1S/C12H17ClN2O2S/c13-9-6-15(11(17)14-10(9)16)7-12(8-18)4-2-1-3-5-12/h6,18H,1-5,7-8H2,(H,14,16,17). The minimum Gasteiger partial charge on any atom is -0.299 e. The topological polar surface area (TPSA) is 54.9 Å². The van der Waals surface area contributed by atoms with Gasteiger partial charge in [0.1, 0.15) is 5.02 Å². The van der Waals surface area contributed by atoms with E-state index >= 15 is 0 Å². The molecule has 2 rings (SSSR count). The van der Waals surface area contributed by atoms with Crippen LogP contribution >= 0.6 is 24.2 Å². The molecule has 0 amide bonds. The molecule has 1 N–H and O–H groups in total. The molecule has 1 fully saturated rings. The first-order valence-corrected chi connectivity index (χ1v) is 7.17. The second kappa shape index (κ2) is 5.53. The molecular weight excluding hydrogens is 272 g/mol. The maximum atomic E-state index is 11.7. The molecule has 0 aromatic carbocycles. The molecule has 100 valence electrons. The Morgan fingerprint density at radius 3 is 2.61 bits per heavy atom. The van der Waals surface area contributed by atoms with Crippen molar-refractivity contribution in [3.05, 3.63) is 32.1 Å². The highest BCUT2D eigenvalue weighted by atomic mass is 35.5. The first kappa shape index (κ1) is 13.7. The van der Waals surface area contributed by atoms with Crippen LogP contribution in [0.5, 0.6) is 0 Å². The van der Waals surface area contributed by atoms with Crippen LogP contribution in [0.2, 0.25) is 5.02 Å². The van der Waals surface area contributed by atoms with Crippen LogP contribution in [0.1, 0.15) is 32.1 Å². The number of hydrogen-bond acceptors (Lipinski definition) is 3. The van der Waals surface area contributed by atoms with Crippen molar-refractivity contribution in [1.29, 1.82) is 0 Å². The molecule has 1 aromatic rings. The van der Waals surface area contributed by atoms with Gasteiger partial charge in [-0.2, -0.15) is 12.6 Å². The molecule has 1 aliphatic rings. The van der Waals surface area contributed by atoms with Gasteiger partial charge in [0.15, 0.2) is 0 Å². The second-order valence-electron chi connectivity index (χ2n) is 5.08. The third-order valence-electron chi connectivity index (χ3n) is 3.72. The molecule has 0 spiro atoms. The van der Waals surface area contributed by atoms with E-state index in [1.54, 1.807) is 0 Å². The van der Waals surface area contributed by atoms with Crippen LogP contribution in [0, 0.1) is 5.41 Å². The maximum absolute atomic E-state index is 11.7. The third kappa shape index (κ3) is 2.83. The summed E-state index contributed by atoms with van der Waals surface area (Å²) in [4.78, 5) is 25.2. The van der Waals surface area contributed by atoms with Gasteiger partial charge in [0.2, 0.25) is 0 Å². The first-order chi connectivity index (χ1) is 8.56. The average molecular weight is 289 g/mol. The Bertz CT molecular complexity index is 532. The zero-order chi connectivity index (χ0) is 13.2. The smallest absolute Gasteiger partial charge is 0.299 e. The zero-order valence-corrected chi connectivity index (χ0v) is 11.8. The molecule has 0 radical (unpaired) electrons. The van der Waals surface area contributed by atoms with Crippen LogP contribution in [-0.2, 0) is 6.54 Å². The summed E-state index contributed by atoms with van der Waals surface area (Å²) in [6.07, 6.45) is 7.16. The van der Waals surface area contributed by atoms with E-state index in [9.17, 15) is 9.59 Å². The van der Waals surface area contributed by atoms with Gasteiger partial charge in [0.25, 0.3) is 5.56 Å². The molecular formula is C12H17ClN2O2S. The van der Waals surface area contributed by atoms with E-state index in [2.05, 4.69) is 17.6 Å². The van der Waals surface area contributed by atoms with Gasteiger partial charge in [0, 0.05) is 12.7 Å². The Hall–Kier alpha value is -0.680. The number of aromatic nitrogens is 2. The number of thiol groups is 1. The number of halogens is 1. The van der Waals surface area contributed by atoms with Gasteiger partial charge >= 0.3 is 5.69 Å². The van der Waals surface area contributed by atoms with E-state index < -0.39 is 11.2 Å². The number of rotatable bonds is 3. The van der Waals surface area contributed by atoms with Gasteiger partial charge in [-0.1, -0.05) is 30.9 Å². The molecule has 0 atom stereocenters. The average Bonchev–Trinajstić information content (AvgIpc) is 2.37. The lowest BCUT2D eigenvalue weighted by molar-refractivity contribution is 0.187. The molecule has 1 heterocycles. The number of H-pyrrole nitrogens is 1. The summed E-state index contributed by atoms with van der Waals surface area (Å²) in [6, 6.07) is 0. The minimum atomic E-state index is -0.526. The Balaban J connectivity index is 2.29. The Morgan fingerprint density at radius 1 is 1.33 bits per heavy atom. The summed E-state index contributed by atoms with van der Waals surface area (Å²) in [7, 11) is 0. The van der Waals surface area contributed by atoms with Crippen LogP contribution < -0.4 is 11.2 Å². The maximum Gasteiger partial charge on any atom is 0.328 e. The van der Waals surface area contributed by atoms with Crippen molar-refractivity contribution in [2.75, 3.05) is 5.75 Å². The summed E-state index contributed by atoms with van der Waals surface area (Å²) in [5.74, 6) is 0.746. The second-order valence-corrected chi connectivity index (χ2v) is 5.81. The van der Waals surface area contributed by atoms with Crippen molar-refractivity contribution in [3.8, 4) is 0 Å². The first-order valence-electron chi connectivity index (χ1n) is 6.16. The summed E-state index contributed by atoms with van der Waals surface area (Å²) in [5.41, 5.74) is -0.871. The van der Waals surface area contributed by atoms with Gasteiger partial charge < -0.3 is 0 Å². The monoisotopic (exact) mass is 288 g/mol. The van der Waals surface area contributed by atoms with Crippen LogP contribution in [0.15, 0.2) is 15.8 Å². The van der Waals surface area contributed by atoms with Crippen LogP contribution in [0.4, 0.5) is 0 Å². The van der Waals surface area contributed by atoms with Crippen molar-refractivity contribution in [2.45, 2.75) is 38.6 Å². The van der Waals surface area contributed by atoms with E-state index in [-0.39, 0.29) is 10.4 Å². The summed E-state index contributed by atoms with van der Waals surface area (Å²) in [5, 5.41) is 0.0553. The highest BCUT2D eigenvalue weighted by Crippen LogP contribution is 2.38. The summed E-state index contributed by atoms with van der Waals surface area (Å²) < 4.78 is 1.51. The number of nitrogens with one attached hydrogen (secondary N) is 1. The molecule has 1 saturated carbocycles. The molecule has 18 heavy (non-hydrogen) atoms. The third-order valence-corrected chi connectivity index (χ3v) is 4.66. The van der Waals surface area contributed by atoms with Crippen molar-refractivity contribution in [3.63, 3.8) is 0 Å². The fourth-order valence-corrected chi connectivity index (χ4v) is 3.21. The number of nitrogens with zero attached hydrogens (tertiary/aromatic N) is 1. The van der Waals surface area contributed by atoms with Crippen molar-refractivity contribution in [1.82, 2.24) is 9.55 Å². The largest absolute Gasteiger partial charge is 0.328 e. The summed E-state index contributed by atoms with van der Waals surface area (Å²) >= 11 is 10.2. The van der Waals surface area contributed by atoms with Crippen molar-refractivity contribution >= 4 is 24.2 Å². The Morgan fingerprint density at radius 2 is 2.00 bits per heavy atom. The number of aromatic amines is 1. The lowest BCUT2D eigenvalue weighted by Gasteiger charge is -2.36. The molecule has 0 bridgehead atoms. The van der Waals surface area contributed by atoms with Gasteiger partial charge in [-0.15, -0.1) is 0 Å². The van der Waals surface area contributed by atoms with Gasteiger partial charge in [-0.25, -0.2) is 4.79 Å². The van der Waals surface area contributed by atoms with E-state index in [4.69, 9.17) is 11.6 Å². The minimum absolute atomic E-state index is 0.0484. The molecule has 0 saturated heterocycles. The molecule has 0 unspecified atom stereocenters. The number of hydrogen-bond donors (Lipinski definition) is 2. The zero-order valence-electron chi connectivity index (χ0n) is 10.1. The molecule has 4 nitrogen and oxygen atoms in total. The van der Waals surface area contributed by atoms with Gasteiger partial charge in [-0.05, 0) is 24.0 Å². The fourth-order valence-electron chi connectivity index (χ4n) is 2.63. The van der Waals surface area contributed by atoms with Crippen LogP contribution in [0.3, 0.4) is 0 Å². The van der Waals surface area contributed by atoms with E-state index in [0.717, 1.165) is 18.6 Å². The predicted molar refractivity (Wildman–Crippen MR) is 75.7 cm³/mol. The van der Waals surface area contributed by atoms with Crippen LogP contribution in [-0.4, -0.2) is 15.3 Å². The normalized spacial score (nSPS) is 18.8. The highest BCUT2D eigenvalue weighted by molar-refractivity contribution is 7.80. The van der Waals surface area contributed by atoms with E-state index in [1.807, 2.05) is 0 Å². The van der Waals surface area contributed by atoms with Crippen LogP contribution in [0.25, 0.3) is 0 Å². The molecule has 6 heteroatoms. The van der Waals surface area contributed by atoms with Gasteiger partial charge in [-0.3, -0.25) is 14.3 Å². The fraction of sp³-hybridized carbons (Fsp3) is 0.667. The molecule has 0 aliphatic heterocycles.